The Labute approximate surface area is 182 Å². The predicted octanol–water partition coefficient (Wildman–Crippen LogP) is 2.11. The van der Waals surface area contributed by atoms with Gasteiger partial charge < -0.3 is 19.3 Å². The Kier molecular flexibility index (Phi) is 4.61. The molecule has 7 heteroatoms. The molecule has 0 saturated carbocycles. The number of hydrogen-bond acceptors (Lipinski definition) is 3. The number of carbonyl (C=O) groups is 3. The summed E-state index contributed by atoms with van der Waals surface area (Å²) in [6, 6.07) is 7.98. The smallest absolute Gasteiger partial charge is 0.256 e. The van der Waals surface area contributed by atoms with Crippen molar-refractivity contribution < 1.29 is 14.4 Å². The molecule has 4 heterocycles. The Balaban J connectivity index is 1.39. The average molecular weight is 423 g/mol. The highest BCUT2D eigenvalue weighted by molar-refractivity contribution is 6.07. The van der Waals surface area contributed by atoms with Gasteiger partial charge in [-0.05, 0) is 25.8 Å². The van der Waals surface area contributed by atoms with Crippen LogP contribution in [0.2, 0.25) is 0 Å². The molecule has 164 valence electrons. The van der Waals surface area contributed by atoms with E-state index in [1.54, 1.807) is 6.92 Å². The molecule has 1 aromatic heterocycles. The minimum atomic E-state index is -0.240. The normalized spacial score (nSPS) is 25.0. The minimum Gasteiger partial charge on any atom is -0.350 e. The highest BCUT2D eigenvalue weighted by Gasteiger charge is 2.61. The molecule has 0 N–H and O–H groups in total. The number of nitrogens with zero attached hydrogens (tertiary/aromatic N) is 4. The lowest BCUT2D eigenvalue weighted by molar-refractivity contribution is -0.136. The van der Waals surface area contributed by atoms with E-state index in [0.29, 0.717) is 32.7 Å². The number of likely N-dealkylation sites (tertiary alicyclic amines) is 3. The molecule has 0 bridgehead atoms. The van der Waals surface area contributed by atoms with Crippen molar-refractivity contribution in [1.82, 2.24) is 19.3 Å². The number of aromatic nitrogens is 1. The van der Waals surface area contributed by atoms with Crippen LogP contribution in [0.1, 0.15) is 37.0 Å². The molecule has 3 saturated heterocycles. The number of rotatable bonds is 2. The van der Waals surface area contributed by atoms with Gasteiger partial charge in [-0.2, -0.15) is 0 Å². The molecule has 1 aromatic carbocycles. The zero-order chi connectivity index (χ0) is 21.9. The summed E-state index contributed by atoms with van der Waals surface area (Å²) < 4.78 is 2.00. The molecule has 2 atom stereocenters. The lowest BCUT2D eigenvalue weighted by Crippen LogP contribution is -2.58. The molecule has 1 spiro atoms. The van der Waals surface area contributed by atoms with Crippen LogP contribution in [0.3, 0.4) is 0 Å². The zero-order valence-corrected chi connectivity index (χ0v) is 18.5. The van der Waals surface area contributed by atoms with E-state index in [9.17, 15) is 14.4 Å². The van der Waals surface area contributed by atoms with Gasteiger partial charge >= 0.3 is 0 Å². The molecule has 2 aromatic rings. The topological polar surface area (TPSA) is 65.9 Å². The summed E-state index contributed by atoms with van der Waals surface area (Å²) in [6.07, 6.45) is 3.47. The zero-order valence-electron chi connectivity index (χ0n) is 18.5. The fourth-order valence-electron chi connectivity index (χ4n) is 6.37. The molecular weight excluding hydrogens is 392 g/mol. The van der Waals surface area contributed by atoms with E-state index in [2.05, 4.69) is 4.90 Å². The van der Waals surface area contributed by atoms with Crippen molar-refractivity contribution in [1.29, 1.82) is 0 Å². The first-order valence-electron chi connectivity index (χ1n) is 11.3. The van der Waals surface area contributed by atoms with E-state index in [1.165, 1.54) is 0 Å². The summed E-state index contributed by atoms with van der Waals surface area (Å²) in [4.78, 5) is 44.3. The average Bonchev–Trinajstić information content (AvgIpc) is 3.42. The summed E-state index contributed by atoms with van der Waals surface area (Å²) in [5.41, 5.74) is 1.55. The van der Waals surface area contributed by atoms with Crippen molar-refractivity contribution in [3.8, 4) is 0 Å². The maximum atomic E-state index is 13.4. The van der Waals surface area contributed by atoms with Crippen LogP contribution in [0.25, 0.3) is 10.9 Å². The fourth-order valence-corrected chi connectivity index (χ4v) is 6.37. The Morgan fingerprint density at radius 3 is 2.48 bits per heavy atom. The monoisotopic (exact) mass is 422 g/mol. The number of piperidine rings is 1. The number of para-hydroxylation sites is 1. The van der Waals surface area contributed by atoms with Gasteiger partial charge in [-0.1, -0.05) is 18.2 Å². The Morgan fingerprint density at radius 1 is 1.10 bits per heavy atom. The maximum absolute atomic E-state index is 13.4. The predicted molar refractivity (Wildman–Crippen MR) is 117 cm³/mol. The largest absolute Gasteiger partial charge is 0.350 e. The van der Waals surface area contributed by atoms with Gasteiger partial charge in [0.2, 0.25) is 11.8 Å². The Bertz CT molecular complexity index is 1070. The van der Waals surface area contributed by atoms with Gasteiger partial charge in [0, 0.05) is 69.7 Å². The number of fused-ring (bicyclic) bond motifs is 3. The second-order valence-corrected chi connectivity index (χ2v) is 9.29. The Hall–Kier alpha value is -2.83. The summed E-state index contributed by atoms with van der Waals surface area (Å²) in [6.45, 7) is 6.76. The summed E-state index contributed by atoms with van der Waals surface area (Å²) >= 11 is 0. The first-order chi connectivity index (χ1) is 14.9. The van der Waals surface area contributed by atoms with Gasteiger partial charge in [0.15, 0.2) is 0 Å². The number of aryl methyl sites for hydroxylation is 1. The highest BCUT2D eigenvalue weighted by atomic mass is 16.2. The summed E-state index contributed by atoms with van der Waals surface area (Å²) in [5.74, 6) is 0.365. The molecule has 31 heavy (non-hydrogen) atoms. The van der Waals surface area contributed by atoms with Crippen LogP contribution >= 0.6 is 0 Å². The molecule has 0 aliphatic carbocycles. The third kappa shape index (κ3) is 2.82. The van der Waals surface area contributed by atoms with Crippen LogP contribution in [-0.4, -0.2) is 75.3 Å². The molecule has 5 rings (SSSR count). The lowest BCUT2D eigenvalue weighted by Gasteiger charge is -2.47. The van der Waals surface area contributed by atoms with Gasteiger partial charge in [0.05, 0.1) is 17.0 Å². The highest BCUT2D eigenvalue weighted by Crippen LogP contribution is 2.49. The third-order valence-corrected chi connectivity index (χ3v) is 7.94. The van der Waals surface area contributed by atoms with Crippen LogP contribution < -0.4 is 0 Å². The second kappa shape index (κ2) is 7.11. The van der Waals surface area contributed by atoms with Crippen molar-refractivity contribution in [2.24, 2.45) is 18.9 Å². The maximum Gasteiger partial charge on any atom is 0.256 e. The molecule has 3 amide bonds. The standard InChI is InChI=1S/C24H30N4O3/c1-4-28-23(31)19-14-27(16(2)29)15-20(19)24(28)9-11-26(12-10-24)22(30)18-13-25(3)21-8-6-5-7-17(18)21/h5-8,13,19-20H,4,9-12,14-15H2,1-3H3/t19-,20+/m0/s1. The summed E-state index contributed by atoms with van der Waals surface area (Å²) in [5, 5.41) is 0.981. The molecular formula is C24H30N4O3. The molecule has 0 unspecified atom stereocenters. The second-order valence-electron chi connectivity index (χ2n) is 9.29. The van der Waals surface area contributed by atoms with Gasteiger partial charge in [0.25, 0.3) is 5.91 Å². The first kappa shape index (κ1) is 20.1. The molecule has 3 aliphatic rings. The van der Waals surface area contributed by atoms with Gasteiger partial charge in [0.1, 0.15) is 0 Å². The molecule has 3 aliphatic heterocycles. The van der Waals surface area contributed by atoms with Crippen LogP contribution in [0.4, 0.5) is 0 Å². The van der Waals surface area contributed by atoms with Crippen LogP contribution in [0, 0.1) is 11.8 Å². The van der Waals surface area contributed by atoms with Crippen molar-refractivity contribution in [3.63, 3.8) is 0 Å². The molecule has 0 radical (unpaired) electrons. The number of benzene rings is 1. The minimum absolute atomic E-state index is 0.0453. The number of carbonyl (C=O) groups excluding carboxylic acids is 3. The lowest BCUT2D eigenvalue weighted by atomic mass is 9.74. The summed E-state index contributed by atoms with van der Waals surface area (Å²) in [7, 11) is 1.97. The van der Waals surface area contributed by atoms with Crippen molar-refractivity contribution in [3.05, 3.63) is 36.0 Å². The number of hydrogen-bond donors (Lipinski definition) is 0. The van der Waals surface area contributed by atoms with E-state index < -0.39 is 0 Å². The van der Waals surface area contributed by atoms with E-state index in [4.69, 9.17) is 0 Å². The van der Waals surface area contributed by atoms with Crippen LogP contribution in [0.5, 0.6) is 0 Å². The fraction of sp³-hybridized carbons (Fsp3) is 0.542. The van der Waals surface area contributed by atoms with Crippen LogP contribution in [0.15, 0.2) is 30.5 Å². The van der Waals surface area contributed by atoms with Gasteiger partial charge in [-0.25, -0.2) is 0 Å². The molecule has 7 nitrogen and oxygen atoms in total. The quantitative estimate of drug-likeness (QED) is 0.745. The van der Waals surface area contributed by atoms with Gasteiger partial charge in [-0.3, -0.25) is 14.4 Å². The van der Waals surface area contributed by atoms with Crippen LogP contribution in [-0.2, 0) is 16.6 Å². The van der Waals surface area contributed by atoms with Crippen molar-refractivity contribution >= 4 is 28.6 Å². The SMILES string of the molecule is CCN1C(=O)[C@H]2CN(C(C)=O)C[C@H]2C12CCN(C(=O)c1cn(C)c3ccccc13)CC2. The van der Waals surface area contributed by atoms with E-state index in [0.717, 1.165) is 29.3 Å². The van der Waals surface area contributed by atoms with Gasteiger partial charge in [-0.15, -0.1) is 0 Å². The van der Waals surface area contributed by atoms with E-state index in [-0.39, 0.29) is 35.1 Å². The number of amides is 3. The van der Waals surface area contributed by atoms with Crippen molar-refractivity contribution in [2.75, 3.05) is 32.7 Å². The first-order valence-corrected chi connectivity index (χ1v) is 11.3. The molecule has 3 fully saturated rings. The Morgan fingerprint density at radius 2 is 1.81 bits per heavy atom. The van der Waals surface area contributed by atoms with E-state index >= 15 is 0 Å². The van der Waals surface area contributed by atoms with E-state index in [1.807, 2.05) is 58.8 Å². The third-order valence-electron chi connectivity index (χ3n) is 7.94. The van der Waals surface area contributed by atoms with Crippen molar-refractivity contribution in [2.45, 2.75) is 32.2 Å².